The second-order valence-corrected chi connectivity index (χ2v) is 6.56. The van der Waals surface area contributed by atoms with Gasteiger partial charge in [0.05, 0.1) is 30.5 Å². The first kappa shape index (κ1) is 17.5. The standard InChI is InChI=1S/C18H24N4O2S/c1-3-17-21-14(12-25-17)11-20-18(19-4-2)22-13-6-7-15-16(10-13)24-9-5-8-23-15/h6-7,10,12H,3-5,8-9,11H2,1-2H3,(H2,19,20,22). The van der Waals surface area contributed by atoms with Crippen molar-refractivity contribution in [2.75, 3.05) is 25.1 Å². The van der Waals surface area contributed by atoms with Crippen LogP contribution in [0.15, 0.2) is 28.6 Å². The number of rotatable bonds is 5. The minimum atomic E-state index is 0.552. The van der Waals surface area contributed by atoms with Crippen molar-refractivity contribution < 1.29 is 9.47 Å². The average Bonchev–Trinajstić information content (AvgIpc) is 2.96. The molecule has 2 aromatic rings. The Morgan fingerprint density at radius 3 is 2.84 bits per heavy atom. The number of nitrogens with one attached hydrogen (secondary N) is 2. The van der Waals surface area contributed by atoms with Gasteiger partial charge in [0.2, 0.25) is 0 Å². The van der Waals surface area contributed by atoms with Crippen LogP contribution in [0.25, 0.3) is 0 Å². The van der Waals surface area contributed by atoms with E-state index in [0.29, 0.717) is 19.8 Å². The maximum absolute atomic E-state index is 5.74. The molecule has 1 aliphatic heterocycles. The second-order valence-electron chi connectivity index (χ2n) is 5.62. The van der Waals surface area contributed by atoms with Gasteiger partial charge in [0.1, 0.15) is 0 Å². The van der Waals surface area contributed by atoms with E-state index in [4.69, 9.17) is 9.47 Å². The van der Waals surface area contributed by atoms with Crippen molar-refractivity contribution in [3.63, 3.8) is 0 Å². The van der Waals surface area contributed by atoms with Crippen molar-refractivity contribution in [1.82, 2.24) is 10.3 Å². The maximum Gasteiger partial charge on any atom is 0.196 e. The second kappa shape index (κ2) is 8.71. The van der Waals surface area contributed by atoms with Gasteiger partial charge in [0.25, 0.3) is 0 Å². The maximum atomic E-state index is 5.74. The van der Waals surface area contributed by atoms with Crippen molar-refractivity contribution in [2.45, 2.75) is 33.2 Å². The van der Waals surface area contributed by atoms with Crippen LogP contribution in [0.1, 0.15) is 31.0 Å². The first-order chi connectivity index (χ1) is 12.3. The molecule has 0 saturated heterocycles. The summed E-state index contributed by atoms with van der Waals surface area (Å²) < 4.78 is 11.4. The quantitative estimate of drug-likeness (QED) is 0.631. The molecule has 0 fully saturated rings. The normalized spacial score (nSPS) is 14.1. The van der Waals surface area contributed by atoms with Crippen LogP contribution in [-0.2, 0) is 13.0 Å². The zero-order valence-electron chi connectivity index (χ0n) is 14.7. The molecule has 1 aliphatic rings. The summed E-state index contributed by atoms with van der Waals surface area (Å²) in [6, 6.07) is 5.85. The van der Waals surface area contributed by atoms with Crippen LogP contribution in [0.2, 0.25) is 0 Å². The molecule has 0 radical (unpaired) electrons. The highest BCUT2D eigenvalue weighted by molar-refractivity contribution is 7.09. The van der Waals surface area contributed by atoms with Crippen LogP contribution in [-0.4, -0.2) is 30.7 Å². The molecular weight excluding hydrogens is 336 g/mol. The van der Waals surface area contributed by atoms with Gasteiger partial charge in [-0.25, -0.2) is 9.98 Å². The zero-order chi connectivity index (χ0) is 17.5. The van der Waals surface area contributed by atoms with Crippen molar-refractivity contribution >= 4 is 23.0 Å². The van der Waals surface area contributed by atoms with Crippen molar-refractivity contribution in [1.29, 1.82) is 0 Å². The van der Waals surface area contributed by atoms with Gasteiger partial charge in [-0.05, 0) is 25.5 Å². The van der Waals surface area contributed by atoms with Crippen molar-refractivity contribution in [3.05, 3.63) is 34.3 Å². The van der Waals surface area contributed by atoms with Crippen LogP contribution < -0.4 is 20.1 Å². The van der Waals surface area contributed by atoms with Crippen LogP contribution in [0, 0.1) is 0 Å². The molecular formula is C18H24N4O2S. The number of aliphatic imine (C=N–C) groups is 1. The van der Waals surface area contributed by atoms with E-state index in [-0.39, 0.29) is 0 Å². The topological polar surface area (TPSA) is 67.8 Å². The minimum absolute atomic E-state index is 0.552. The Morgan fingerprint density at radius 2 is 2.08 bits per heavy atom. The zero-order valence-corrected chi connectivity index (χ0v) is 15.5. The summed E-state index contributed by atoms with van der Waals surface area (Å²) >= 11 is 1.68. The summed E-state index contributed by atoms with van der Waals surface area (Å²) in [7, 11) is 0. The van der Waals surface area contributed by atoms with Gasteiger partial charge >= 0.3 is 0 Å². The first-order valence-corrected chi connectivity index (χ1v) is 9.54. The van der Waals surface area contributed by atoms with E-state index in [1.54, 1.807) is 11.3 Å². The fourth-order valence-corrected chi connectivity index (χ4v) is 3.16. The number of benzene rings is 1. The van der Waals surface area contributed by atoms with Gasteiger partial charge in [-0.1, -0.05) is 6.92 Å². The van der Waals surface area contributed by atoms with Gasteiger partial charge in [0, 0.05) is 30.1 Å². The predicted octanol–water partition coefficient (Wildman–Crippen LogP) is 3.44. The van der Waals surface area contributed by atoms with Crippen molar-refractivity contribution in [2.24, 2.45) is 4.99 Å². The molecule has 3 rings (SSSR count). The molecule has 7 heteroatoms. The number of ether oxygens (including phenoxy) is 2. The molecule has 1 aromatic carbocycles. The highest BCUT2D eigenvalue weighted by atomic mass is 32.1. The van der Waals surface area contributed by atoms with E-state index >= 15 is 0 Å². The van der Waals surface area contributed by atoms with E-state index < -0.39 is 0 Å². The molecule has 0 bridgehead atoms. The van der Waals surface area contributed by atoms with E-state index in [1.807, 2.05) is 25.1 Å². The van der Waals surface area contributed by atoms with Gasteiger partial charge in [-0.2, -0.15) is 0 Å². The molecule has 0 aliphatic carbocycles. The molecule has 0 amide bonds. The number of nitrogens with zero attached hydrogens (tertiary/aromatic N) is 2. The number of guanidine groups is 1. The summed E-state index contributed by atoms with van der Waals surface area (Å²) in [4.78, 5) is 9.18. The Hall–Kier alpha value is -2.28. The summed E-state index contributed by atoms with van der Waals surface area (Å²) in [5, 5.41) is 9.79. The van der Waals surface area contributed by atoms with Gasteiger partial charge in [-0.3, -0.25) is 0 Å². The number of thiazole rings is 1. The van der Waals surface area contributed by atoms with Gasteiger partial charge in [0.15, 0.2) is 17.5 Å². The number of hydrogen-bond acceptors (Lipinski definition) is 5. The number of anilines is 1. The molecule has 134 valence electrons. The number of aryl methyl sites for hydroxylation is 1. The summed E-state index contributed by atoms with van der Waals surface area (Å²) in [5.41, 5.74) is 1.91. The Bertz CT molecular complexity index is 730. The van der Waals surface area contributed by atoms with Gasteiger partial charge in [-0.15, -0.1) is 11.3 Å². The Kier molecular flexibility index (Phi) is 6.11. The molecule has 0 spiro atoms. The third kappa shape index (κ3) is 4.85. The molecule has 1 aromatic heterocycles. The van der Waals surface area contributed by atoms with Crippen LogP contribution in [0.3, 0.4) is 0 Å². The number of fused-ring (bicyclic) bond motifs is 1. The predicted molar refractivity (Wildman–Crippen MR) is 102 cm³/mol. The Labute approximate surface area is 152 Å². The lowest BCUT2D eigenvalue weighted by Crippen LogP contribution is -2.30. The highest BCUT2D eigenvalue weighted by Gasteiger charge is 2.11. The third-order valence-electron chi connectivity index (χ3n) is 3.66. The lowest BCUT2D eigenvalue weighted by molar-refractivity contribution is 0.297. The highest BCUT2D eigenvalue weighted by Crippen LogP contribution is 2.32. The van der Waals surface area contributed by atoms with Gasteiger partial charge < -0.3 is 20.1 Å². The van der Waals surface area contributed by atoms with E-state index in [2.05, 4.69) is 32.9 Å². The average molecular weight is 360 g/mol. The van der Waals surface area contributed by atoms with E-state index in [1.165, 1.54) is 0 Å². The molecule has 25 heavy (non-hydrogen) atoms. The molecule has 0 saturated carbocycles. The number of aromatic nitrogens is 1. The molecule has 0 unspecified atom stereocenters. The fourth-order valence-electron chi connectivity index (χ4n) is 2.43. The lowest BCUT2D eigenvalue weighted by atomic mass is 10.3. The third-order valence-corrected chi connectivity index (χ3v) is 4.70. The summed E-state index contributed by atoms with van der Waals surface area (Å²) in [5.74, 6) is 2.29. The molecule has 2 heterocycles. The van der Waals surface area contributed by atoms with Crippen LogP contribution in [0.4, 0.5) is 5.69 Å². The SMILES string of the molecule is CCNC(=NCc1csc(CC)n1)Nc1ccc2c(c1)OCCCO2. The first-order valence-electron chi connectivity index (χ1n) is 8.66. The lowest BCUT2D eigenvalue weighted by Gasteiger charge is -2.13. The van der Waals surface area contributed by atoms with E-state index in [0.717, 1.165) is 53.2 Å². The molecule has 0 atom stereocenters. The van der Waals surface area contributed by atoms with Crippen molar-refractivity contribution in [3.8, 4) is 11.5 Å². The Morgan fingerprint density at radius 1 is 1.24 bits per heavy atom. The summed E-state index contributed by atoms with van der Waals surface area (Å²) in [6.07, 6.45) is 1.86. The largest absolute Gasteiger partial charge is 0.490 e. The summed E-state index contributed by atoms with van der Waals surface area (Å²) in [6.45, 7) is 6.86. The minimum Gasteiger partial charge on any atom is -0.490 e. The van der Waals surface area contributed by atoms with Crippen LogP contribution >= 0.6 is 11.3 Å². The fraction of sp³-hybridized carbons (Fsp3) is 0.444. The Balaban J connectivity index is 1.70. The monoisotopic (exact) mass is 360 g/mol. The molecule has 2 N–H and O–H groups in total. The smallest absolute Gasteiger partial charge is 0.196 e. The number of hydrogen-bond donors (Lipinski definition) is 2. The van der Waals surface area contributed by atoms with Crippen LogP contribution in [0.5, 0.6) is 11.5 Å². The molecule has 6 nitrogen and oxygen atoms in total. The van der Waals surface area contributed by atoms with E-state index in [9.17, 15) is 0 Å².